The molecule has 0 N–H and O–H groups in total. The maximum atomic E-state index is 13.0. The summed E-state index contributed by atoms with van der Waals surface area (Å²) in [7, 11) is 0. The summed E-state index contributed by atoms with van der Waals surface area (Å²) in [5.41, 5.74) is 1.01. The van der Waals surface area contributed by atoms with Crippen molar-refractivity contribution in [3.63, 3.8) is 0 Å². The molecule has 0 spiro atoms. The number of rotatable bonds is 1. The van der Waals surface area contributed by atoms with E-state index in [1.165, 1.54) is 10.3 Å². The van der Waals surface area contributed by atoms with Crippen molar-refractivity contribution >= 4 is 37.4 Å². The quantitative estimate of drug-likeness (QED) is 0.672. The van der Waals surface area contributed by atoms with E-state index in [1.54, 1.807) is 23.5 Å². The predicted molar refractivity (Wildman–Crippen MR) is 59.2 cm³/mol. The average molecular weight is 259 g/mol. The lowest BCUT2D eigenvalue weighted by Gasteiger charge is -1.94. The molecule has 0 aliphatic rings. The molecular formula is C10H8BrFS. The third kappa shape index (κ3) is 1.63. The van der Waals surface area contributed by atoms with Crippen molar-refractivity contribution in [3.8, 4) is 0 Å². The highest BCUT2D eigenvalue weighted by Gasteiger charge is 2.04. The SMILES string of the molecule is Cc1cc(F)cc2sc(CBr)cc12. The normalized spacial score (nSPS) is 11.0. The number of hydrogen-bond acceptors (Lipinski definition) is 1. The fourth-order valence-corrected chi connectivity index (χ4v) is 2.91. The first-order valence-electron chi connectivity index (χ1n) is 3.95. The van der Waals surface area contributed by atoms with Crippen LogP contribution in [0.4, 0.5) is 4.39 Å². The molecule has 1 aromatic heterocycles. The van der Waals surface area contributed by atoms with Crippen molar-refractivity contribution in [1.82, 2.24) is 0 Å². The fourth-order valence-electron chi connectivity index (χ4n) is 1.39. The number of thiophene rings is 1. The summed E-state index contributed by atoms with van der Waals surface area (Å²) in [5, 5.41) is 2.01. The van der Waals surface area contributed by atoms with Crippen LogP contribution in [0.25, 0.3) is 10.1 Å². The van der Waals surface area contributed by atoms with Crippen LogP contribution in [-0.2, 0) is 5.33 Å². The van der Waals surface area contributed by atoms with Gasteiger partial charge in [0, 0.05) is 14.9 Å². The third-order valence-electron chi connectivity index (χ3n) is 1.99. The Kier molecular flexibility index (Phi) is 2.39. The predicted octanol–water partition coefficient (Wildman–Crippen LogP) is 4.24. The molecule has 0 amide bonds. The van der Waals surface area contributed by atoms with Crippen molar-refractivity contribution in [3.05, 3.63) is 34.5 Å². The number of fused-ring (bicyclic) bond motifs is 1. The van der Waals surface area contributed by atoms with Gasteiger partial charge in [-0.15, -0.1) is 11.3 Å². The molecule has 0 radical (unpaired) electrons. The summed E-state index contributed by atoms with van der Waals surface area (Å²) in [4.78, 5) is 1.24. The Labute approximate surface area is 88.5 Å². The first-order chi connectivity index (χ1) is 6.20. The smallest absolute Gasteiger partial charge is 0.124 e. The fraction of sp³-hybridized carbons (Fsp3) is 0.200. The minimum absolute atomic E-state index is 0.145. The van der Waals surface area contributed by atoms with Crippen LogP contribution in [0.5, 0.6) is 0 Å². The number of alkyl halides is 1. The second-order valence-electron chi connectivity index (χ2n) is 2.98. The zero-order valence-electron chi connectivity index (χ0n) is 7.10. The minimum atomic E-state index is -0.145. The van der Waals surface area contributed by atoms with Crippen molar-refractivity contribution < 1.29 is 4.39 Å². The Hall–Kier alpha value is -0.410. The Morgan fingerprint density at radius 3 is 2.85 bits per heavy atom. The highest BCUT2D eigenvalue weighted by atomic mass is 79.9. The molecular weight excluding hydrogens is 251 g/mol. The van der Waals surface area contributed by atoms with E-state index < -0.39 is 0 Å². The number of aryl methyl sites for hydroxylation is 1. The number of halogens is 2. The van der Waals surface area contributed by atoms with E-state index in [9.17, 15) is 4.39 Å². The van der Waals surface area contributed by atoms with Gasteiger partial charge in [-0.1, -0.05) is 15.9 Å². The topological polar surface area (TPSA) is 0 Å². The van der Waals surface area contributed by atoms with Crippen molar-refractivity contribution in [2.45, 2.75) is 12.3 Å². The maximum absolute atomic E-state index is 13.0. The Morgan fingerprint density at radius 1 is 1.38 bits per heavy atom. The Balaban J connectivity index is 2.75. The van der Waals surface area contributed by atoms with Crippen molar-refractivity contribution in [2.75, 3.05) is 0 Å². The summed E-state index contributed by atoms with van der Waals surface area (Å²) < 4.78 is 14.0. The van der Waals surface area contributed by atoms with Gasteiger partial charge in [0.2, 0.25) is 0 Å². The lowest BCUT2D eigenvalue weighted by Crippen LogP contribution is -1.76. The zero-order valence-corrected chi connectivity index (χ0v) is 9.51. The van der Waals surface area contributed by atoms with Gasteiger partial charge in [0.25, 0.3) is 0 Å². The molecule has 0 nitrogen and oxygen atoms in total. The van der Waals surface area contributed by atoms with Crippen molar-refractivity contribution in [1.29, 1.82) is 0 Å². The summed E-state index contributed by atoms with van der Waals surface area (Å²) in [6.07, 6.45) is 0. The monoisotopic (exact) mass is 258 g/mol. The average Bonchev–Trinajstić information content (AvgIpc) is 2.47. The van der Waals surface area contributed by atoms with Crippen LogP contribution in [0.2, 0.25) is 0 Å². The zero-order chi connectivity index (χ0) is 9.42. The highest BCUT2D eigenvalue weighted by Crippen LogP contribution is 2.30. The van der Waals surface area contributed by atoms with E-state index >= 15 is 0 Å². The molecule has 0 aliphatic carbocycles. The van der Waals surface area contributed by atoms with Gasteiger partial charge in [-0.2, -0.15) is 0 Å². The molecule has 2 aromatic rings. The first-order valence-corrected chi connectivity index (χ1v) is 5.89. The molecule has 1 heterocycles. The van der Waals surface area contributed by atoms with Crippen LogP contribution in [0, 0.1) is 12.7 Å². The molecule has 1 aromatic carbocycles. The van der Waals surface area contributed by atoms with Crippen LogP contribution in [0.1, 0.15) is 10.4 Å². The largest absolute Gasteiger partial charge is 0.207 e. The van der Waals surface area contributed by atoms with Crippen LogP contribution < -0.4 is 0 Å². The lowest BCUT2D eigenvalue weighted by atomic mass is 10.1. The first kappa shape index (κ1) is 9.16. The molecule has 0 unspecified atom stereocenters. The van der Waals surface area contributed by atoms with Gasteiger partial charge in [-0.25, -0.2) is 4.39 Å². The molecule has 13 heavy (non-hydrogen) atoms. The Morgan fingerprint density at radius 2 is 2.15 bits per heavy atom. The molecule has 0 saturated heterocycles. The van der Waals surface area contributed by atoms with Gasteiger partial charge in [0.1, 0.15) is 5.82 Å². The Bertz CT molecular complexity index is 447. The van der Waals surface area contributed by atoms with E-state index in [-0.39, 0.29) is 5.82 Å². The highest BCUT2D eigenvalue weighted by molar-refractivity contribution is 9.08. The van der Waals surface area contributed by atoms with E-state index in [0.717, 1.165) is 15.6 Å². The van der Waals surface area contributed by atoms with E-state index in [1.807, 2.05) is 6.92 Å². The summed E-state index contributed by atoms with van der Waals surface area (Å²) in [6, 6.07) is 5.29. The van der Waals surface area contributed by atoms with Crippen LogP contribution in [0.3, 0.4) is 0 Å². The van der Waals surface area contributed by atoms with Gasteiger partial charge in [0.15, 0.2) is 0 Å². The van der Waals surface area contributed by atoms with Gasteiger partial charge in [-0.05, 0) is 36.1 Å². The summed E-state index contributed by atoms with van der Waals surface area (Å²) in [6.45, 7) is 1.94. The van der Waals surface area contributed by atoms with E-state index in [2.05, 4.69) is 22.0 Å². The van der Waals surface area contributed by atoms with Gasteiger partial charge in [0.05, 0.1) is 0 Å². The lowest BCUT2D eigenvalue weighted by molar-refractivity contribution is 0.629. The second kappa shape index (κ2) is 3.39. The summed E-state index contributed by atoms with van der Waals surface area (Å²) >= 11 is 5.03. The molecule has 0 fully saturated rings. The minimum Gasteiger partial charge on any atom is -0.207 e. The maximum Gasteiger partial charge on any atom is 0.124 e. The standard InChI is InChI=1S/C10H8BrFS/c1-6-2-7(12)3-10-9(6)4-8(5-11)13-10/h2-4H,5H2,1H3. The number of benzene rings is 1. The third-order valence-corrected chi connectivity index (χ3v) is 4.05. The van der Waals surface area contributed by atoms with Gasteiger partial charge in [-0.3, -0.25) is 0 Å². The summed E-state index contributed by atoms with van der Waals surface area (Å²) in [5.74, 6) is -0.145. The molecule has 0 aliphatic heterocycles. The van der Waals surface area contributed by atoms with Gasteiger partial charge < -0.3 is 0 Å². The molecule has 2 rings (SSSR count). The van der Waals surface area contributed by atoms with Gasteiger partial charge >= 0.3 is 0 Å². The molecule has 0 bridgehead atoms. The number of hydrogen-bond donors (Lipinski definition) is 0. The molecule has 0 atom stereocenters. The van der Waals surface area contributed by atoms with Crippen molar-refractivity contribution in [2.24, 2.45) is 0 Å². The van der Waals surface area contributed by atoms with E-state index in [0.29, 0.717) is 0 Å². The van der Waals surface area contributed by atoms with E-state index in [4.69, 9.17) is 0 Å². The molecule has 3 heteroatoms. The second-order valence-corrected chi connectivity index (χ2v) is 4.71. The van der Waals surface area contributed by atoms with Crippen LogP contribution in [0.15, 0.2) is 18.2 Å². The molecule has 68 valence electrons. The van der Waals surface area contributed by atoms with Crippen LogP contribution in [-0.4, -0.2) is 0 Å². The van der Waals surface area contributed by atoms with Crippen LogP contribution >= 0.6 is 27.3 Å². The molecule has 0 saturated carbocycles.